The van der Waals surface area contributed by atoms with Crippen molar-refractivity contribution in [2.45, 2.75) is 18.9 Å². The first-order valence-corrected chi connectivity index (χ1v) is 6.74. The maximum absolute atomic E-state index is 12.4. The Labute approximate surface area is 118 Å². The molecule has 1 unspecified atom stereocenters. The van der Waals surface area contributed by atoms with Crippen molar-refractivity contribution >= 4 is 23.3 Å². The Morgan fingerprint density at radius 3 is 2.95 bits per heavy atom. The average Bonchev–Trinajstić information content (AvgIpc) is 2.41. The van der Waals surface area contributed by atoms with Crippen molar-refractivity contribution in [2.24, 2.45) is 0 Å². The normalized spacial score (nSPS) is 19.8. The number of aromatic nitrogens is 1. The predicted octanol–water partition coefficient (Wildman–Crippen LogP) is 1.48. The van der Waals surface area contributed by atoms with E-state index < -0.39 is 0 Å². The number of nitrogens with two attached hydrogens (primary N) is 1. The topological polar surface area (TPSA) is 62.5 Å². The van der Waals surface area contributed by atoms with Gasteiger partial charge in [-0.15, -0.1) is 0 Å². The summed E-state index contributed by atoms with van der Waals surface area (Å²) in [6, 6.07) is 3.60. The largest absolute Gasteiger partial charge is 0.384 e. The highest BCUT2D eigenvalue weighted by molar-refractivity contribution is 6.33. The second-order valence-corrected chi connectivity index (χ2v) is 5.48. The zero-order valence-electron chi connectivity index (χ0n) is 11.3. The van der Waals surface area contributed by atoms with Gasteiger partial charge in [0.05, 0.1) is 5.02 Å². The number of carbonyl (C=O) groups is 1. The van der Waals surface area contributed by atoms with Gasteiger partial charge in [0.25, 0.3) is 5.91 Å². The van der Waals surface area contributed by atoms with Gasteiger partial charge in [-0.3, -0.25) is 4.79 Å². The number of rotatable bonds is 2. The minimum absolute atomic E-state index is 0.135. The van der Waals surface area contributed by atoms with Crippen LogP contribution in [0.1, 0.15) is 23.3 Å². The van der Waals surface area contributed by atoms with Crippen LogP contribution in [0.5, 0.6) is 0 Å². The van der Waals surface area contributed by atoms with E-state index in [1.54, 1.807) is 12.1 Å². The molecule has 6 heteroatoms. The summed E-state index contributed by atoms with van der Waals surface area (Å²) in [6.45, 7) is 1.45. The number of nitrogen functional groups attached to an aromatic ring is 1. The fourth-order valence-electron chi connectivity index (χ4n) is 2.32. The molecule has 1 amide bonds. The number of carbonyl (C=O) groups excluding carboxylic acids is 1. The molecule has 1 aromatic rings. The van der Waals surface area contributed by atoms with Crippen LogP contribution in [0.2, 0.25) is 5.02 Å². The summed E-state index contributed by atoms with van der Waals surface area (Å²) in [5.41, 5.74) is 5.87. The molecule has 1 saturated heterocycles. The number of likely N-dealkylation sites (tertiary alicyclic amines) is 1. The van der Waals surface area contributed by atoms with Gasteiger partial charge in [-0.1, -0.05) is 11.6 Å². The number of pyridine rings is 1. The van der Waals surface area contributed by atoms with E-state index in [1.807, 2.05) is 19.0 Å². The molecule has 1 aliphatic rings. The first-order chi connectivity index (χ1) is 8.99. The molecule has 2 rings (SSSR count). The highest BCUT2D eigenvalue weighted by Gasteiger charge is 2.27. The van der Waals surface area contributed by atoms with Crippen LogP contribution >= 0.6 is 11.6 Å². The number of piperidine rings is 1. The van der Waals surface area contributed by atoms with E-state index in [0.29, 0.717) is 23.4 Å². The lowest BCUT2D eigenvalue weighted by molar-refractivity contribution is 0.0629. The van der Waals surface area contributed by atoms with Crippen molar-refractivity contribution in [3.05, 3.63) is 22.8 Å². The van der Waals surface area contributed by atoms with Crippen LogP contribution in [0.4, 0.5) is 5.82 Å². The summed E-state index contributed by atoms with van der Waals surface area (Å²) >= 11 is 6.03. The Kier molecular flexibility index (Phi) is 4.27. The van der Waals surface area contributed by atoms with Crippen molar-refractivity contribution in [3.8, 4) is 0 Å². The van der Waals surface area contributed by atoms with Crippen LogP contribution in [0.3, 0.4) is 0 Å². The van der Waals surface area contributed by atoms with Gasteiger partial charge in [0.15, 0.2) is 0 Å². The molecule has 0 saturated carbocycles. The molecule has 0 aliphatic carbocycles. The maximum atomic E-state index is 12.4. The van der Waals surface area contributed by atoms with E-state index in [9.17, 15) is 4.79 Å². The van der Waals surface area contributed by atoms with E-state index in [1.165, 1.54) is 0 Å². The quantitative estimate of drug-likeness (QED) is 0.893. The predicted molar refractivity (Wildman–Crippen MR) is 76.3 cm³/mol. The molecule has 5 nitrogen and oxygen atoms in total. The fraction of sp³-hybridized carbons (Fsp3) is 0.538. The van der Waals surface area contributed by atoms with Crippen molar-refractivity contribution in [2.75, 3.05) is 32.9 Å². The molecule has 0 radical (unpaired) electrons. The van der Waals surface area contributed by atoms with Crippen LogP contribution < -0.4 is 5.73 Å². The SMILES string of the molecule is CN(C)C1CCCN(C(=O)c2nc(N)ccc2Cl)C1. The number of nitrogens with zero attached hydrogens (tertiary/aromatic N) is 3. The highest BCUT2D eigenvalue weighted by Crippen LogP contribution is 2.20. The summed E-state index contributed by atoms with van der Waals surface area (Å²) in [5, 5.41) is 0.353. The number of hydrogen-bond acceptors (Lipinski definition) is 4. The highest BCUT2D eigenvalue weighted by atomic mass is 35.5. The third-order valence-corrected chi connectivity index (χ3v) is 3.79. The molecule has 0 aromatic carbocycles. The molecule has 19 heavy (non-hydrogen) atoms. The molecule has 2 N–H and O–H groups in total. The first kappa shape index (κ1) is 14.1. The standard InChI is InChI=1S/C13H19ClN4O/c1-17(2)9-4-3-7-18(8-9)13(19)12-10(14)5-6-11(15)16-12/h5-6,9H,3-4,7-8H2,1-2H3,(H2,15,16). The van der Waals surface area contributed by atoms with Crippen LogP contribution in [0.15, 0.2) is 12.1 Å². The van der Waals surface area contributed by atoms with Gasteiger partial charge in [0.2, 0.25) is 0 Å². The number of halogens is 1. The van der Waals surface area contributed by atoms with Crippen molar-refractivity contribution in [3.63, 3.8) is 0 Å². The smallest absolute Gasteiger partial charge is 0.274 e. The molecular formula is C13H19ClN4O. The number of amides is 1. The molecule has 1 fully saturated rings. The Bertz CT molecular complexity index is 478. The van der Waals surface area contributed by atoms with Gasteiger partial charge >= 0.3 is 0 Å². The Hall–Kier alpha value is -1.33. The van der Waals surface area contributed by atoms with Gasteiger partial charge < -0.3 is 15.5 Å². The van der Waals surface area contributed by atoms with E-state index in [4.69, 9.17) is 17.3 Å². The van der Waals surface area contributed by atoms with Gasteiger partial charge in [-0.25, -0.2) is 4.98 Å². The Morgan fingerprint density at radius 2 is 2.26 bits per heavy atom. The monoisotopic (exact) mass is 282 g/mol. The molecule has 1 aliphatic heterocycles. The van der Waals surface area contributed by atoms with Crippen molar-refractivity contribution < 1.29 is 4.79 Å². The molecule has 0 spiro atoms. The summed E-state index contributed by atoms with van der Waals surface area (Å²) in [4.78, 5) is 20.5. The lowest BCUT2D eigenvalue weighted by Gasteiger charge is -2.36. The zero-order valence-corrected chi connectivity index (χ0v) is 12.0. The summed E-state index contributed by atoms with van der Waals surface area (Å²) in [7, 11) is 4.06. The molecule has 104 valence electrons. The summed E-state index contributed by atoms with van der Waals surface area (Å²) in [6.07, 6.45) is 2.10. The van der Waals surface area contributed by atoms with Crippen LogP contribution in [-0.4, -0.2) is 53.9 Å². The number of likely N-dealkylation sites (N-methyl/N-ethyl adjacent to an activating group) is 1. The second-order valence-electron chi connectivity index (χ2n) is 5.08. The Balaban J connectivity index is 2.17. The van der Waals surface area contributed by atoms with Crippen LogP contribution in [-0.2, 0) is 0 Å². The van der Waals surface area contributed by atoms with Crippen LogP contribution in [0.25, 0.3) is 0 Å². The average molecular weight is 283 g/mol. The maximum Gasteiger partial charge on any atom is 0.274 e. The van der Waals surface area contributed by atoms with E-state index in [0.717, 1.165) is 19.4 Å². The first-order valence-electron chi connectivity index (χ1n) is 6.36. The molecule has 1 aromatic heterocycles. The van der Waals surface area contributed by atoms with Gasteiger partial charge in [-0.2, -0.15) is 0 Å². The third kappa shape index (κ3) is 3.16. The summed E-state index contributed by atoms with van der Waals surface area (Å²) < 4.78 is 0. The molecule has 1 atom stereocenters. The third-order valence-electron chi connectivity index (χ3n) is 3.48. The lowest BCUT2D eigenvalue weighted by Crippen LogP contribution is -2.47. The van der Waals surface area contributed by atoms with Crippen molar-refractivity contribution in [1.29, 1.82) is 0 Å². The fourth-order valence-corrected chi connectivity index (χ4v) is 2.50. The molecular weight excluding hydrogens is 264 g/mol. The van der Waals surface area contributed by atoms with E-state index in [-0.39, 0.29) is 11.6 Å². The lowest BCUT2D eigenvalue weighted by atomic mass is 10.0. The van der Waals surface area contributed by atoms with Crippen LogP contribution in [0, 0.1) is 0 Å². The van der Waals surface area contributed by atoms with Gasteiger partial charge in [0.1, 0.15) is 11.5 Å². The second kappa shape index (κ2) is 5.75. The van der Waals surface area contributed by atoms with Gasteiger partial charge in [-0.05, 0) is 39.1 Å². The summed E-state index contributed by atoms with van der Waals surface area (Å²) in [5.74, 6) is 0.178. The van der Waals surface area contributed by atoms with Gasteiger partial charge in [0, 0.05) is 19.1 Å². The van der Waals surface area contributed by atoms with E-state index >= 15 is 0 Å². The number of hydrogen-bond donors (Lipinski definition) is 1. The zero-order chi connectivity index (χ0) is 14.0. The Morgan fingerprint density at radius 1 is 1.53 bits per heavy atom. The molecule has 2 heterocycles. The number of anilines is 1. The van der Waals surface area contributed by atoms with E-state index in [2.05, 4.69) is 9.88 Å². The minimum Gasteiger partial charge on any atom is -0.384 e. The molecule has 0 bridgehead atoms. The minimum atomic E-state index is -0.135. The van der Waals surface area contributed by atoms with Crippen molar-refractivity contribution in [1.82, 2.24) is 14.8 Å².